The van der Waals surface area contributed by atoms with Gasteiger partial charge in [0.25, 0.3) is 0 Å². The zero-order valence-corrected chi connectivity index (χ0v) is 13.2. The lowest BCUT2D eigenvalue weighted by Gasteiger charge is -2.32. The third-order valence-electron chi connectivity index (χ3n) is 6.56. The zero-order valence-electron chi connectivity index (χ0n) is 13.2. The highest BCUT2D eigenvalue weighted by Gasteiger charge is 2.50. The quantitative estimate of drug-likeness (QED) is 0.801. The largest absolute Gasteiger partial charge is 0.316 e. The fraction of sp³-hybridized carbons (Fsp3) is 1.00. The number of likely N-dealkylation sites (N-methyl/N-ethyl adjacent to an activating group) is 1. The molecule has 4 nitrogen and oxygen atoms in total. The summed E-state index contributed by atoms with van der Waals surface area (Å²) in [5.74, 6) is 0. The fourth-order valence-electron chi connectivity index (χ4n) is 5.38. The van der Waals surface area contributed by atoms with Crippen molar-refractivity contribution in [3.63, 3.8) is 0 Å². The molecule has 4 heterocycles. The molecule has 4 fully saturated rings. The van der Waals surface area contributed by atoms with Crippen molar-refractivity contribution in [2.24, 2.45) is 10.8 Å². The Morgan fingerprint density at radius 3 is 2.85 bits per heavy atom. The Morgan fingerprint density at radius 2 is 2.05 bits per heavy atom. The van der Waals surface area contributed by atoms with Crippen LogP contribution in [0.15, 0.2) is 0 Å². The van der Waals surface area contributed by atoms with Gasteiger partial charge in [-0.15, -0.1) is 0 Å². The van der Waals surface area contributed by atoms with E-state index in [1.54, 1.807) is 0 Å². The van der Waals surface area contributed by atoms with Crippen molar-refractivity contribution in [3.05, 3.63) is 0 Å². The number of rotatable bonds is 2. The number of hydrogen-bond donors (Lipinski definition) is 1. The third-order valence-corrected chi connectivity index (χ3v) is 6.56. The lowest BCUT2D eigenvalue weighted by molar-refractivity contribution is 0.115. The van der Waals surface area contributed by atoms with Gasteiger partial charge in [-0.25, -0.2) is 0 Å². The lowest BCUT2D eigenvalue weighted by atomic mass is 9.85. The van der Waals surface area contributed by atoms with E-state index in [1.807, 2.05) is 0 Å². The van der Waals surface area contributed by atoms with Gasteiger partial charge in [0.2, 0.25) is 0 Å². The topological polar surface area (TPSA) is 21.8 Å². The van der Waals surface area contributed by atoms with Gasteiger partial charge in [-0.1, -0.05) is 6.92 Å². The highest BCUT2D eigenvalue weighted by Crippen LogP contribution is 2.43. The van der Waals surface area contributed by atoms with Gasteiger partial charge in [-0.2, -0.15) is 0 Å². The maximum Gasteiger partial charge on any atom is 0.0509 e. The molecule has 0 aromatic rings. The fourth-order valence-corrected chi connectivity index (χ4v) is 5.38. The van der Waals surface area contributed by atoms with Crippen molar-refractivity contribution in [1.82, 2.24) is 20.0 Å². The predicted molar refractivity (Wildman–Crippen MR) is 81.7 cm³/mol. The molecule has 3 unspecified atom stereocenters. The second-order valence-electron chi connectivity index (χ2n) is 8.30. The monoisotopic (exact) mass is 278 g/mol. The third kappa shape index (κ3) is 2.12. The van der Waals surface area contributed by atoms with Crippen molar-refractivity contribution in [1.29, 1.82) is 0 Å². The van der Waals surface area contributed by atoms with E-state index >= 15 is 0 Å². The first-order valence-corrected chi connectivity index (χ1v) is 8.44. The van der Waals surface area contributed by atoms with Gasteiger partial charge in [0, 0.05) is 45.3 Å². The molecule has 4 heteroatoms. The van der Waals surface area contributed by atoms with E-state index in [0.29, 0.717) is 10.8 Å². The average Bonchev–Trinajstić information content (AvgIpc) is 3.12. The Labute approximate surface area is 123 Å². The summed E-state index contributed by atoms with van der Waals surface area (Å²) in [7, 11) is 2.29. The van der Waals surface area contributed by atoms with E-state index in [0.717, 1.165) is 6.04 Å². The van der Waals surface area contributed by atoms with Crippen LogP contribution >= 0.6 is 0 Å². The summed E-state index contributed by atoms with van der Waals surface area (Å²) in [5, 5.41) is 3.57. The summed E-state index contributed by atoms with van der Waals surface area (Å²) in [6.07, 6.45) is 4.20. The Bertz CT molecular complexity index is 379. The van der Waals surface area contributed by atoms with Crippen LogP contribution < -0.4 is 5.32 Å². The molecule has 1 N–H and O–H groups in total. The molecule has 1 spiro atoms. The highest BCUT2D eigenvalue weighted by atomic mass is 15.4. The normalized spacial score (nSPS) is 46.8. The SMILES string of the molecule is CN1CC2N(CN3CCC4(CCNC4)C3)CCC2(C)C1. The number of hydrogen-bond acceptors (Lipinski definition) is 4. The maximum absolute atomic E-state index is 3.57. The Balaban J connectivity index is 1.38. The van der Waals surface area contributed by atoms with E-state index in [4.69, 9.17) is 0 Å². The maximum atomic E-state index is 3.57. The number of likely N-dealkylation sites (tertiary alicyclic amines) is 3. The van der Waals surface area contributed by atoms with Gasteiger partial charge in [0.1, 0.15) is 0 Å². The molecule has 0 aliphatic carbocycles. The molecule has 20 heavy (non-hydrogen) atoms. The summed E-state index contributed by atoms with van der Waals surface area (Å²) >= 11 is 0. The molecule has 0 radical (unpaired) electrons. The minimum absolute atomic E-state index is 0.557. The number of nitrogens with zero attached hydrogens (tertiary/aromatic N) is 3. The Kier molecular flexibility index (Phi) is 3.15. The summed E-state index contributed by atoms with van der Waals surface area (Å²) in [5.41, 5.74) is 1.18. The zero-order chi connectivity index (χ0) is 13.8. The molecule has 4 aliphatic rings. The Hall–Kier alpha value is -0.160. The number of nitrogens with one attached hydrogen (secondary N) is 1. The minimum atomic E-state index is 0.557. The second kappa shape index (κ2) is 4.67. The van der Waals surface area contributed by atoms with Gasteiger partial charge >= 0.3 is 0 Å². The van der Waals surface area contributed by atoms with Gasteiger partial charge < -0.3 is 10.2 Å². The van der Waals surface area contributed by atoms with E-state index in [9.17, 15) is 0 Å². The molecule has 4 rings (SSSR count). The molecule has 4 saturated heterocycles. The van der Waals surface area contributed by atoms with E-state index in [2.05, 4.69) is 34.0 Å². The van der Waals surface area contributed by atoms with Crippen molar-refractivity contribution in [2.45, 2.75) is 32.2 Å². The van der Waals surface area contributed by atoms with Crippen molar-refractivity contribution in [3.8, 4) is 0 Å². The van der Waals surface area contributed by atoms with Crippen LogP contribution in [-0.4, -0.2) is 80.3 Å². The summed E-state index contributed by atoms with van der Waals surface area (Å²) in [6.45, 7) is 12.8. The molecular weight excluding hydrogens is 248 g/mol. The van der Waals surface area contributed by atoms with E-state index < -0.39 is 0 Å². The highest BCUT2D eigenvalue weighted by molar-refractivity contribution is 5.04. The van der Waals surface area contributed by atoms with Gasteiger partial charge in [0.15, 0.2) is 0 Å². The summed E-state index contributed by atoms with van der Waals surface area (Å²) < 4.78 is 0. The van der Waals surface area contributed by atoms with Crippen LogP contribution in [0.5, 0.6) is 0 Å². The van der Waals surface area contributed by atoms with Crippen LogP contribution in [-0.2, 0) is 0 Å². The minimum Gasteiger partial charge on any atom is -0.316 e. The van der Waals surface area contributed by atoms with Crippen molar-refractivity contribution in [2.75, 3.05) is 59.5 Å². The van der Waals surface area contributed by atoms with Crippen LogP contribution in [0.2, 0.25) is 0 Å². The van der Waals surface area contributed by atoms with Crippen LogP contribution in [0.3, 0.4) is 0 Å². The van der Waals surface area contributed by atoms with Crippen LogP contribution in [0.25, 0.3) is 0 Å². The summed E-state index contributed by atoms with van der Waals surface area (Å²) in [4.78, 5) is 8.05. The summed E-state index contributed by atoms with van der Waals surface area (Å²) in [6, 6.07) is 0.797. The van der Waals surface area contributed by atoms with Gasteiger partial charge in [-0.05, 0) is 43.7 Å². The molecular formula is C16H30N4. The molecule has 0 aromatic heterocycles. The molecule has 0 bridgehead atoms. The standard InChI is InChI=1S/C16H30N4/c1-15-4-8-20(14(15)9-18(2)11-15)13-19-7-5-16(12-19)3-6-17-10-16/h14,17H,3-13H2,1-2H3. The van der Waals surface area contributed by atoms with Crippen LogP contribution in [0.4, 0.5) is 0 Å². The van der Waals surface area contributed by atoms with Gasteiger partial charge in [0.05, 0.1) is 6.67 Å². The molecule has 0 amide bonds. The Morgan fingerprint density at radius 1 is 1.15 bits per heavy atom. The molecule has 0 aromatic carbocycles. The first-order chi connectivity index (χ1) is 9.59. The molecule has 114 valence electrons. The predicted octanol–water partition coefficient (Wildman–Crippen LogP) is 0.655. The van der Waals surface area contributed by atoms with Crippen molar-refractivity contribution < 1.29 is 0 Å². The van der Waals surface area contributed by atoms with Gasteiger partial charge in [-0.3, -0.25) is 9.80 Å². The lowest BCUT2D eigenvalue weighted by Crippen LogP contribution is -2.44. The molecule has 0 saturated carbocycles. The average molecular weight is 278 g/mol. The second-order valence-corrected chi connectivity index (χ2v) is 8.30. The molecule has 3 atom stereocenters. The van der Waals surface area contributed by atoms with E-state index in [1.165, 1.54) is 71.7 Å². The van der Waals surface area contributed by atoms with Crippen molar-refractivity contribution >= 4 is 0 Å². The first kappa shape index (κ1) is 13.5. The van der Waals surface area contributed by atoms with E-state index in [-0.39, 0.29) is 0 Å². The van der Waals surface area contributed by atoms with Crippen LogP contribution in [0, 0.1) is 10.8 Å². The first-order valence-electron chi connectivity index (χ1n) is 8.44. The smallest absolute Gasteiger partial charge is 0.0509 e. The van der Waals surface area contributed by atoms with Crippen LogP contribution in [0.1, 0.15) is 26.2 Å². The number of fused-ring (bicyclic) bond motifs is 1. The molecule has 4 aliphatic heterocycles.